The van der Waals surface area contributed by atoms with Crippen molar-refractivity contribution in [1.82, 2.24) is 0 Å². The molecule has 0 amide bonds. The SMILES string of the molecule is C.C.C=C(C)C(=O)OCCC[Si](OC)(OC)OC.CCC(C)(C)C(=O)OCCC[Si](OC)(OC)OC. The Bertz CT molecular complexity index is 575. The normalized spacial score (nSPS) is 11.3. The van der Waals surface area contributed by atoms with E-state index < -0.39 is 23.0 Å². The molecule has 36 heavy (non-hydrogen) atoms. The first kappa shape index (κ1) is 42.0. The number of esters is 2. The molecule has 0 rings (SSSR count). The maximum absolute atomic E-state index is 11.7. The molecule has 0 fully saturated rings. The first-order chi connectivity index (χ1) is 15.9. The lowest BCUT2D eigenvalue weighted by molar-refractivity contribution is -0.154. The number of hydrogen-bond donors (Lipinski definition) is 0. The lowest BCUT2D eigenvalue weighted by Gasteiger charge is -2.24. The van der Waals surface area contributed by atoms with Crippen LogP contribution in [0.3, 0.4) is 0 Å². The average Bonchev–Trinajstić information content (AvgIpc) is 2.85. The van der Waals surface area contributed by atoms with E-state index in [2.05, 4.69) is 6.58 Å². The summed E-state index contributed by atoms with van der Waals surface area (Å²) in [7, 11) is 4.32. The monoisotopic (exact) mass is 558 g/mol. The fourth-order valence-corrected chi connectivity index (χ4v) is 5.86. The Kier molecular flexibility index (Phi) is 25.6. The Morgan fingerprint density at radius 2 is 1.06 bits per heavy atom. The maximum Gasteiger partial charge on any atom is 0.500 e. The van der Waals surface area contributed by atoms with Crippen LogP contribution in [0.1, 0.15) is 61.8 Å². The van der Waals surface area contributed by atoms with E-state index in [0.29, 0.717) is 43.7 Å². The second kappa shape index (κ2) is 21.9. The third kappa shape index (κ3) is 15.9. The minimum absolute atomic E-state index is 0. The Morgan fingerprint density at radius 3 is 1.33 bits per heavy atom. The predicted molar refractivity (Wildman–Crippen MR) is 147 cm³/mol. The van der Waals surface area contributed by atoms with Crippen LogP contribution in [0.15, 0.2) is 12.2 Å². The Hall–Kier alpha value is -1.13. The van der Waals surface area contributed by atoms with Crippen molar-refractivity contribution in [2.75, 3.05) is 55.9 Å². The fourth-order valence-electron chi connectivity index (χ4n) is 2.48. The Labute approximate surface area is 222 Å². The molecule has 0 aliphatic carbocycles. The standard InChI is InChI=1S/C12H26O5Si.C10H20O5Si.2CH4/c1-7-12(2,3)11(13)17-9-8-10-18(14-4,15-5)16-6;1-9(2)10(11)15-7-6-8-16(12-3,13-4)14-5;;/h7-10H2,1-6H3;1,6-8H2,2-5H3;2*1H4. The van der Waals surface area contributed by atoms with Crippen molar-refractivity contribution in [3.63, 3.8) is 0 Å². The van der Waals surface area contributed by atoms with Gasteiger partial charge in [0.15, 0.2) is 0 Å². The van der Waals surface area contributed by atoms with Crippen LogP contribution < -0.4 is 0 Å². The van der Waals surface area contributed by atoms with Gasteiger partial charge in [0.2, 0.25) is 0 Å². The summed E-state index contributed by atoms with van der Waals surface area (Å²) in [6, 6.07) is 1.25. The Balaban J connectivity index is -0.000000271. The van der Waals surface area contributed by atoms with Gasteiger partial charge in [-0.2, -0.15) is 0 Å². The van der Waals surface area contributed by atoms with Crippen LogP contribution in [0.25, 0.3) is 0 Å². The zero-order valence-electron chi connectivity index (χ0n) is 22.7. The van der Waals surface area contributed by atoms with Gasteiger partial charge in [-0.05, 0) is 40.0 Å². The molecule has 0 N–H and O–H groups in total. The highest BCUT2D eigenvalue weighted by molar-refractivity contribution is 6.60. The third-order valence-electron chi connectivity index (χ3n) is 5.37. The zero-order chi connectivity index (χ0) is 26.8. The highest BCUT2D eigenvalue weighted by atomic mass is 28.4. The van der Waals surface area contributed by atoms with E-state index >= 15 is 0 Å². The molecule has 0 aliphatic heterocycles. The van der Waals surface area contributed by atoms with E-state index in [0.717, 1.165) is 6.42 Å². The van der Waals surface area contributed by atoms with Crippen molar-refractivity contribution < 1.29 is 45.6 Å². The van der Waals surface area contributed by atoms with Crippen molar-refractivity contribution >= 4 is 29.5 Å². The van der Waals surface area contributed by atoms with Crippen LogP contribution in [0, 0.1) is 5.41 Å². The van der Waals surface area contributed by atoms with Gasteiger partial charge in [0.05, 0.1) is 18.6 Å². The minimum Gasteiger partial charge on any atom is -0.465 e. The van der Waals surface area contributed by atoms with Crippen molar-refractivity contribution in [3.05, 3.63) is 12.2 Å². The molecular weight excluding hydrogens is 504 g/mol. The van der Waals surface area contributed by atoms with E-state index in [9.17, 15) is 9.59 Å². The van der Waals surface area contributed by atoms with Crippen LogP contribution in [0.4, 0.5) is 0 Å². The first-order valence-electron chi connectivity index (χ1n) is 11.2. The first-order valence-corrected chi connectivity index (χ1v) is 15.1. The summed E-state index contributed by atoms with van der Waals surface area (Å²) in [5.74, 6) is -0.538. The zero-order valence-corrected chi connectivity index (χ0v) is 24.7. The number of carbonyl (C=O) groups excluding carboxylic acids is 2. The molecule has 0 aromatic heterocycles. The topological polar surface area (TPSA) is 108 Å². The molecule has 0 atom stereocenters. The molecule has 0 unspecified atom stereocenters. The summed E-state index contributed by atoms with van der Waals surface area (Å²) >= 11 is 0. The van der Waals surface area contributed by atoms with E-state index in [1.807, 2.05) is 20.8 Å². The van der Waals surface area contributed by atoms with Gasteiger partial charge in [0.25, 0.3) is 0 Å². The van der Waals surface area contributed by atoms with Crippen molar-refractivity contribution in [1.29, 1.82) is 0 Å². The number of ether oxygens (including phenoxy) is 2. The summed E-state index contributed by atoms with van der Waals surface area (Å²) in [5, 5.41) is 0. The van der Waals surface area contributed by atoms with Gasteiger partial charge < -0.3 is 36.0 Å². The van der Waals surface area contributed by atoms with Gasteiger partial charge in [0, 0.05) is 60.3 Å². The molecule has 0 bridgehead atoms. The predicted octanol–water partition coefficient (Wildman–Crippen LogP) is 4.88. The molecule has 0 radical (unpaired) electrons. The second-order valence-corrected chi connectivity index (χ2v) is 14.3. The summed E-state index contributed by atoms with van der Waals surface area (Å²) in [6.07, 6.45) is 2.08. The van der Waals surface area contributed by atoms with Crippen LogP contribution in [-0.4, -0.2) is 85.4 Å². The number of hydrogen-bond acceptors (Lipinski definition) is 10. The molecular formula is C24H54O10Si2. The quantitative estimate of drug-likeness (QED) is 0.106. The highest BCUT2D eigenvalue weighted by Gasteiger charge is 2.38. The molecule has 0 heterocycles. The fraction of sp³-hybridized carbons (Fsp3) is 0.833. The van der Waals surface area contributed by atoms with Gasteiger partial charge in [-0.15, -0.1) is 0 Å². The molecule has 0 aliphatic rings. The minimum atomic E-state index is -2.53. The molecule has 0 spiro atoms. The lowest BCUT2D eigenvalue weighted by atomic mass is 9.91. The summed E-state index contributed by atoms with van der Waals surface area (Å²) in [5.41, 5.74) is -0.0214. The van der Waals surface area contributed by atoms with Crippen molar-refractivity contribution in [2.24, 2.45) is 5.41 Å². The van der Waals surface area contributed by atoms with Gasteiger partial charge in [0.1, 0.15) is 0 Å². The smallest absolute Gasteiger partial charge is 0.465 e. The van der Waals surface area contributed by atoms with Crippen molar-refractivity contribution in [2.45, 2.75) is 73.9 Å². The largest absolute Gasteiger partial charge is 0.500 e. The van der Waals surface area contributed by atoms with Gasteiger partial charge in [-0.1, -0.05) is 28.4 Å². The van der Waals surface area contributed by atoms with E-state index in [4.69, 9.17) is 36.0 Å². The molecule has 0 saturated carbocycles. The second-order valence-electron chi connectivity index (χ2n) is 8.09. The van der Waals surface area contributed by atoms with Crippen LogP contribution in [0.2, 0.25) is 12.1 Å². The van der Waals surface area contributed by atoms with Gasteiger partial charge in [-0.25, -0.2) is 4.79 Å². The lowest BCUT2D eigenvalue weighted by Crippen LogP contribution is -2.42. The summed E-state index contributed by atoms with van der Waals surface area (Å²) in [6.45, 7) is 11.5. The van der Waals surface area contributed by atoms with Crippen LogP contribution in [0.5, 0.6) is 0 Å². The highest BCUT2D eigenvalue weighted by Crippen LogP contribution is 2.22. The molecule has 0 aromatic rings. The van der Waals surface area contributed by atoms with Gasteiger partial charge in [-0.3, -0.25) is 4.79 Å². The van der Waals surface area contributed by atoms with E-state index in [-0.39, 0.29) is 26.8 Å². The number of carbonyl (C=O) groups is 2. The van der Waals surface area contributed by atoms with Crippen molar-refractivity contribution in [3.8, 4) is 0 Å². The summed E-state index contributed by atoms with van der Waals surface area (Å²) in [4.78, 5) is 22.8. The van der Waals surface area contributed by atoms with Crippen LogP contribution in [-0.2, 0) is 45.6 Å². The Morgan fingerprint density at radius 1 is 0.722 bits per heavy atom. The molecule has 218 valence electrons. The molecule has 10 nitrogen and oxygen atoms in total. The third-order valence-corrected chi connectivity index (χ3v) is 11.0. The van der Waals surface area contributed by atoms with Gasteiger partial charge >= 0.3 is 29.5 Å². The number of rotatable bonds is 17. The van der Waals surface area contributed by atoms with Crippen LogP contribution >= 0.6 is 0 Å². The molecule has 0 saturated heterocycles. The molecule has 12 heteroatoms. The maximum atomic E-state index is 11.7. The summed E-state index contributed by atoms with van der Waals surface area (Å²) < 4.78 is 41.7. The van der Waals surface area contributed by atoms with E-state index in [1.54, 1.807) is 49.6 Å². The van der Waals surface area contributed by atoms with E-state index in [1.165, 1.54) is 0 Å². The molecule has 0 aromatic carbocycles. The average molecular weight is 559 g/mol.